The van der Waals surface area contributed by atoms with Crippen LogP contribution in [-0.2, 0) is 23.0 Å². The van der Waals surface area contributed by atoms with Gasteiger partial charge < -0.3 is 9.42 Å². The molecule has 10 heteroatoms. The molecule has 0 radical (unpaired) electrons. The van der Waals surface area contributed by atoms with Gasteiger partial charge in [-0.25, -0.2) is 13.6 Å². The average molecular weight is 385 g/mol. The number of hydrogen-bond acceptors (Lipinski definition) is 7. The summed E-state index contributed by atoms with van der Waals surface area (Å²) in [5.74, 6) is 0.334. The lowest BCUT2D eigenvalue weighted by molar-refractivity contribution is 0.0707. The van der Waals surface area contributed by atoms with Crippen LogP contribution >= 0.6 is 0 Å². The van der Waals surface area contributed by atoms with Gasteiger partial charge >= 0.3 is 0 Å². The molecular formula is C17H15N5O4S. The van der Waals surface area contributed by atoms with Crippen LogP contribution in [0.1, 0.15) is 21.8 Å². The minimum Gasteiger partial charge on any atom is -0.337 e. The first kappa shape index (κ1) is 17.3. The molecular weight excluding hydrogens is 370 g/mol. The predicted octanol–water partition coefficient (Wildman–Crippen LogP) is 0.977. The summed E-state index contributed by atoms with van der Waals surface area (Å²) in [6.07, 6.45) is 3.30. The summed E-state index contributed by atoms with van der Waals surface area (Å²) >= 11 is 0. The fourth-order valence-electron chi connectivity index (χ4n) is 2.92. The number of carbonyl (C=O) groups is 1. The summed E-state index contributed by atoms with van der Waals surface area (Å²) < 4.78 is 28.1. The maximum absolute atomic E-state index is 12.6. The predicted molar refractivity (Wildman–Crippen MR) is 93.8 cm³/mol. The Balaban J connectivity index is 1.55. The molecule has 0 atom stereocenters. The van der Waals surface area contributed by atoms with Gasteiger partial charge in [0, 0.05) is 30.1 Å². The summed E-state index contributed by atoms with van der Waals surface area (Å²) in [7, 11) is -3.89. The zero-order valence-corrected chi connectivity index (χ0v) is 14.9. The monoisotopic (exact) mass is 385 g/mol. The molecule has 4 rings (SSSR count). The number of pyridine rings is 1. The number of rotatable bonds is 4. The van der Waals surface area contributed by atoms with Gasteiger partial charge in [-0.3, -0.25) is 9.78 Å². The number of carbonyl (C=O) groups excluding carboxylic acids is 1. The fraction of sp³-hybridized carbons (Fsp3) is 0.176. The Kier molecular flexibility index (Phi) is 4.21. The Morgan fingerprint density at radius 1 is 1.22 bits per heavy atom. The quantitative estimate of drug-likeness (QED) is 0.708. The lowest BCUT2D eigenvalue weighted by Crippen LogP contribution is -2.37. The third kappa shape index (κ3) is 3.44. The molecule has 9 nitrogen and oxygen atoms in total. The van der Waals surface area contributed by atoms with Gasteiger partial charge in [-0.1, -0.05) is 23.4 Å². The highest BCUT2D eigenvalue weighted by atomic mass is 32.2. The molecule has 2 N–H and O–H groups in total. The molecule has 1 aromatic carbocycles. The van der Waals surface area contributed by atoms with Gasteiger partial charge in [0.25, 0.3) is 5.91 Å². The van der Waals surface area contributed by atoms with Gasteiger partial charge in [0.15, 0.2) is 0 Å². The van der Waals surface area contributed by atoms with Crippen LogP contribution in [0.3, 0.4) is 0 Å². The highest BCUT2D eigenvalue weighted by Crippen LogP contribution is 2.22. The molecule has 0 saturated heterocycles. The lowest BCUT2D eigenvalue weighted by atomic mass is 9.99. The maximum Gasteiger partial charge on any atom is 0.254 e. The average Bonchev–Trinajstić information content (AvgIpc) is 3.12. The number of primary sulfonamides is 1. The normalized spacial score (nSPS) is 14.3. The van der Waals surface area contributed by atoms with Crippen molar-refractivity contribution in [1.29, 1.82) is 0 Å². The minimum absolute atomic E-state index is 0.0884. The molecule has 0 saturated carbocycles. The number of fused-ring (bicyclic) bond motifs is 1. The molecule has 0 aliphatic carbocycles. The zero-order chi connectivity index (χ0) is 19.0. The van der Waals surface area contributed by atoms with Crippen molar-refractivity contribution in [2.24, 2.45) is 5.14 Å². The van der Waals surface area contributed by atoms with Crippen LogP contribution < -0.4 is 5.14 Å². The molecule has 3 heterocycles. The van der Waals surface area contributed by atoms with Crippen LogP contribution in [0, 0.1) is 0 Å². The third-order valence-corrected chi connectivity index (χ3v) is 5.16. The minimum atomic E-state index is -3.89. The van der Waals surface area contributed by atoms with E-state index in [1.807, 2.05) is 18.2 Å². The highest BCUT2D eigenvalue weighted by Gasteiger charge is 2.25. The summed E-state index contributed by atoms with van der Waals surface area (Å²) in [5, 5.41) is 8.96. The van der Waals surface area contributed by atoms with Crippen molar-refractivity contribution in [3.05, 3.63) is 59.7 Å². The van der Waals surface area contributed by atoms with E-state index in [2.05, 4.69) is 15.1 Å². The summed E-state index contributed by atoms with van der Waals surface area (Å²) in [6, 6.07) is 8.81. The van der Waals surface area contributed by atoms with E-state index in [1.165, 1.54) is 12.3 Å². The van der Waals surface area contributed by atoms with Crippen LogP contribution in [0.2, 0.25) is 0 Å². The maximum atomic E-state index is 12.6. The molecule has 0 bridgehead atoms. The molecule has 0 spiro atoms. The molecule has 2 aromatic heterocycles. The molecule has 1 aliphatic rings. The highest BCUT2D eigenvalue weighted by molar-refractivity contribution is 7.89. The summed E-state index contributed by atoms with van der Waals surface area (Å²) in [5.41, 5.74) is 2.05. The van der Waals surface area contributed by atoms with E-state index in [-0.39, 0.29) is 29.1 Å². The van der Waals surface area contributed by atoms with Crippen molar-refractivity contribution < 1.29 is 17.7 Å². The van der Waals surface area contributed by atoms with Crippen LogP contribution in [-0.4, -0.2) is 40.9 Å². The Labute approximate surface area is 154 Å². The van der Waals surface area contributed by atoms with Gasteiger partial charge in [-0.2, -0.15) is 4.98 Å². The van der Waals surface area contributed by atoms with Crippen molar-refractivity contribution in [3.63, 3.8) is 0 Å². The smallest absolute Gasteiger partial charge is 0.254 e. The topological polar surface area (TPSA) is 132 Å². The van der Waals surface area contributed by atoms with Crippen molar-refractivity contribution in [2.45, 2.75) is 17.9 Å². The van der Waals surface area contributed by atoms with E-state index >= 15 is 0 Å². The Morgan fingerprint density at radius 2 is 2.04 bits per heavy atom. The van der Waals surface area contributed by atoms with Crippen molar-refractivity contribution in [1.82, 2.24) is 20.0 Å². The van der Waals surface area contributed by atoms with Crippen molar-refractivity contribution >= 4 is 15.9 Å². The second kappa shape index (κ2) is 6.56. The number of nitrogens with zero attached hydrogens (tertiary/aromatic N) is 4. The van der Waals surface area contributed by atoms with Crippen molar-refractivity contribution in [3.8, 4) is 11.4 Å². The van der Waals surface area contributed by atoms with E-state index in [1.54, 1.807) is 11.0 Å². The van der Waals surface area contributed by atoms with Gasteiger partial charge in [0.1, 0.15) is 11.4 Å². The summed E-state index contributed by atoms with van der Waals surface area (Å²) in [4.78, 5) is 22.2. The first-order chi connectivity index (χ1) is 12.9. The van der Waals surface area contributed by atoms with Crippen LogP contribution in [0.4, 0.5) is 0 Å². The van der Waals surface area contributed by atoms with Gasteiger partial charge in [0.05, 0.1) is 0 Å². The molecule has 138 valence electrons. The summed E-state index contributed by atoms with van der Waals surface area (Å²) in [6.45, 7) is 0.721. The SMILES string of the molecule is NS(=O)(=O)c1cncc(-c2noc(CN3CCc4ccccc4C3=O)n2)c1. The Morgan fingerprint density at radius 3 is 2.85 bits per heavy atom. The number of nitrogens with two attached hydrogens (primary N) is 1. The largest absolute Gasteiger partial charge is 0.337 e. The van der Waals surface area contributed by atoms with E-state index in [0.29, 0.717) is 17.7 Å². The third-order valence-electron chi connectivity index (χ3n) is 4.28. The number of amides is 1. The Hall–Kier alpha value is -3.11. The second-order valence-electron chi connectivity index (χ2n) is 6.10. The number of benzene rings is 1. The van der Waals surface area contributed by atoms with E-state index in [4.69, 9.17) is 9.66 Å². The second-order valence-corrected chi connectivity index (χ2v) is 7.66. The molecule has 0 fully saturated rings. The zero-order valence-electron chi connectivity index (χ0n) is 14.1. The van der Waals surface area contributed by atoms with Gasteiger partial charge in [-0.15, -0.1) is 0 Å². The first-order valence-electron chi connectivity index (χ1n) is 8.10. The number of aromatic nitrogens is 3. The van der Waals surface area contributed by atoms with E-state index in [9.17, 15) is 13.2 Å². The number of hydrogen-bond donors (Lipinski definition) is 1. The molecule has 1 amide bonds. The van der Waals surface area contributed by atoms with Gasteiger partial charge in [0.2, 0.25) is 21.7 Å². The fourth-order valence-corrected chi connectivity index (χ4v) is 3.42. The van der Waals surface area contributed by atoms with Crippen LogP contribution in [0.25, 0.3) is 11.4 Å². The first-order valence-corrected chi connectivity index (χ1v) is 9.64. The standard InChI is InChI=1S/C17H15N5O4S/c18-27(24,25)13-7-12(8-19-9-13)16-20-15(26-21-16)10-22-6-5-11-3-1-2-4-14(11)17(22)23/h1-4,7-9H,5-6,10H2,(H2,18,24,25). The Bertz CT molecular complexity index is 1130. The number of sulfonamides is 1. The molecule has 0 unspecified atom stereocenters. The molecule has 3 aromatic rings. The van der Waals surface area contributed by atoms with E-state index in [0.717, 1.165) is 18.2 Å². The van der Waals surface area contributed by atoms with Crippen molar-refractivity contribution in [2.75, 3.05) is 6.54 Å². The molecule has 1 aliphatic heterocycles. The lowest BCUT2D eigenvalue weighted by Gasteiger charge is -2.27. The van der Waals surface area contributed by atoms with Crippen LogP contribution in [0.5, 0.6) is 0 Å². The molecule has 27 heavy (non-hydrogen) atoms. The van der Waals surface area contributed by atoms with Crippen LogP contribution in [0.15, 0.2) is 52.1 Å². The van der Waals surface area contributed by atoms with E-state index < -0.39 is 10.0 Å². The van der Waals surface area contributed by atoms with Gasteiger partial charge in [-0.05, 0) is 24.1 Å².